The van der Waals surface area contributed by atoms with Crippen molar-refractivity contribution in [1.29, 1.82) is 0 Å². The molecule has 0 N–H and O–H groups in total. The molecule has 2 aliphatic rings. The SMILES string of the molecule is CCOC(=O)C1N=COC1C1CCOC1. The van der Waals surface area contributed by atoms with Gasteiger partial charge in [0.25, 0.3) is 0 Å². The van der Waals surface area contributed by atoms with Crippen LogP contribution in [0.5, 0.6) is 0 Å². The summed E-state index contributed by atoms with van der Waals surface area (Å²) in [4.78, 5) is 15.6. The van der Waals surface area contributed by atoms with E-state index in [1.165, 1.54) is 6.40 Å². The molecule has 1 saturated heterocycles. The molecular weight excluding hydrogens is 198 g/mol. The van der Waals surface area contributed by atoms with E-state index in [9.17, 15) is 4.79 Å². The normalized spacial score (nSPS) is 34.1. The summed E-state index contributed by atoms with van der Waals surface area (Å²) in [5.74, 6) is -0.0509. The van der Waals surface area contributed by atoms with Crippen LogP contribution in [0.25, 0.3) is 0 Å². The Bertz CT molecular complexity index is 260. The summed E-state index contributed by atoms with van der Waals surface area (Å²) >= 11 is 0. The first kappa shape index (κ1) is 10.4. The molecule has 0 saturated carbocycles. The van der Waals surface area contributed by atoms with E-state index in [2.05, 4.69) is 4.99 Å². The van der Waals surface area contributed by atoms with Crippen LogP contribution in [0.3, 0.4) is 0 Å². The molecule has 2 rings (SSSR count). The molecule has 5 heteroatoms. The topological polar surface area (TPSA) is 57.1 Å². The standard InChI is InChI=1S/C10H15NO4/c1-2-14-10(12)8-9(15-6-11-8)7-3-4-13-5-7/h6-9H,2-5H2,1H3. The maximum atomic E-state index is 11.6. The molecule has 0 radical (unpaired) electrons. The lowest BCUT2D eigenvalue weighted by atomic mass is 9.96. The van der Waals surface area contributed by atoms with Crippen LogP contribution in [0, 0.1) is 5.92 Å². The van der Waals surface area contributed by atoms with Crippen LogP contribution < -0.4 is 0 Å². The summed E-state index contributed by atoms with van der Waals surface area (Å²) in [7, 11) is 0. The van der Waals surface area contributed by atoms with Crippen LogP contribution in [0.15, 0.2) is 4.99 Å². The number of esters is 1. The quantitative estimate of drug-likeness (QED) is 0.636. The van der Waals surface area contributed by atoms with Gasteiger partial charge in [0.15, 0.2) is 12.4 Å². The highest BCUT2D eigenvalue weighted by molar-refractivity contribution is 5.79. The molecule has 5 nitrogen and oxygen atoms in total. The molecule has 3 unspecified atom stereocenters. The van der Waals surface area contributed by atoms with Gasteiger partial charge in [-0.2, -0.15) is 0 Å². The number of rotatable bonds is 3. The van der Waals surface area contributed by atoms with Gasteiger partial charge in [-0.25, -0.2) is 9.79 Å². The third kappa shape index (κ3) is 2.12. The highest BCUT2D eigenvalue weighted by Gasteiger charge is 2.40. The molecule has 0 aromatic carbocycles. The highest BCUT2D eigenvalue weighted by Crippen LogP contribution is 2.26. The Hall–Kier alpha value is -1.10. The van der Waals surface area contributed by atoms with Crippen molar-refractivity contribution in [3.05, 3.63) is 0 Å². The Morgan fingerprint density at radius 3 is 3.20 bits per heavy atom. The molecule has 2 aliphatic heterocycles. The van der Waals surface area contributed by atoms with Crippen molar-refractivity contribution in [3.63, 3.8) is 0 Å². The molecule has 0 aromatic rings. The molecule has 0 aromatic heterocycles. The van der Waals surface area contributed by atoms with Crippen LogP contribution in [0.1, 0.15) is 13.3 Å². The minimum absolute atomic E-state index is 0.202. The Kier molecular flexibility index (Phi) is 3.20. The number of carbonyl (C=O) groups is 1. The predicted molar refractivity (Wildman–Crippen MR) is 52.7 cm³/mol. The summed E-state index contributed by atoms with van der Waals surface area (Å²) in [6.07, 6.45) is 2.07. The number of carbonyl (C=O) groups excluding carboxylic acids is 1. The van der Waals surface area contributed by atoms with Crippen molar-refractivity contribution in [2.24, 2.45) is 10.9 Å². The molecule has 3 atom stereocenters. The van der Waals surface area contributed by atoms with Gasteiger partial charge in [0, 0.05) is 12.5 Å². The first-order valence-electron chi connectivity index (χ1n) is 5.24. The van der Waals surface area contributed by atoms with E-state index >= 15 is 0 Å². The van der Waals surface area contributed by atoms with E-state index in [0.29, 0.717) is 13.2 Å². The fourth-order valence-corrected chi connectivity index (χ4v) is 1.93. The Labute approximate surface area is 88.4 Å². The van der Waals surface area contributed by atoms with Gasteiger partial charge in [0.2, 0.25) is 0 Å². The minimum Gasteiger partial charge on any atom is -0.477 e. The van der Waals surface area contributed by atoms with E-state index in [-0.39, 0.29) is 18.0 Å². The zero-order valence-electron chi connectivity index (χ0n) is 8.72. The third-order valence-corrected chi connectivity index (χ3v) is 2.71. The molecule has 0 aliphatic carbocycles. The summed E-state index contributed by atoms with van der Waals surface area (Å²) in [5, 5.41) is 0. The fraction of sp³-hybridized carbons (Fsp3) is 0.800. The van der Waals surface area contributed by atoms with E-state index in [4.69, 9.17) is 14.2 Å². The minimum atomic E-state index is -0.503. The maximum Gasteiger partial charge on any atom is 0.334 e. The fourth-order valence-electron chi connectivity index (χ4n) is 1.93. The van der Waals surface area contributed by atoms with Crippen LogP contribution in [0.4, 0.5) is 0 Å². The van der Waals surface area contributed by atoms with Crippen molar-refractivity contribution in [1.82, 2.24) is 0 Å². The Morgan fingerprint density at radius 2 is 2.53 bits per heavy atom. The predicted octanol–water partition coefficient (Wildman–Crippen LogP) is 0.382. The van der Waals surface area contributed by atoms with Crippen molar-refractivity contribution < 1.29 is 19.0 Å². The van der Waals surface area contributed by atoms with Gasteiger partial charge in [-0.3, -0.25) is 0 Å². The first-order chi connectivity index (χ1) is 7.33. The molecule has 2 heterocycles. The summed E-state index contributed by atoms with van der Waals surface area (Å²) in [6.45, 7) is 3.54. The first-order valence-corrected chi connectivity index (χ1v) is 5.24. The largest absolute Gasteiger partial charge is 0.477 e. The average Bonchev–Trinajstić information content (AvgIpc) is 2.88. The smallest absolute Gasteiger partial charge is 0.334 e. The van der Waals surface area contributed by atoms with E-state index < -0.39 is 6.04 Å². The van der Waals surface area contributed by atoms with Gasteiger partial charge < -0.3 is 14.2 Å². The number of aliphatic imine (C=N–C) groups is 1. The third-order valence-electron chi connectivity index (χ3n) is 2.71. The van der Waals surface area contributed by atoms with E-state index in [1.807, 2.05) is 0 Å². The average molecular weight is 213 g/mol. The van der Waals surface area contributed by atoms with Gasteiger partial charge in [0.05, 0.1) is 13.2 Å². The van der Waals surface area contributed by atoms with Crippen LogP contribution in [-0.4, -0.2) is 44.3 Å². The molecule has 84 valence electrons. The Morgan fingerprint density at radius 1 is 1.67 bits per heavy atom. The zero-order chi connectivity index (χ0) is 10.7. The van der Waals surface area contributed by atoms with Crippen LogP contribution >= 0.6 is 0 Å². The summed E-state index contributed by atoms with van der Waals surface area (Å²) in [5.41, 5.74) is 0. The van der Waals surface area contributed by atoms with Crippen molar-refractivity contribution in [2.45, 2.75) is 25.5 Å². The number of hydrogen-bond acceptors (Lipinski definition) is 5. The molecule has 0 spiro atoms. The number of ether oxygens (including phenoxy) is 3. The number of hydrogen-bond donors (Lipinski definition) is 0. The van der Waals surface area contributed by atoms with Crippen molar-refractivity contribution in [3.8, 4) is 0 Å². The second kappa shape index (κ2) is 4.61. The maximum absolute atomic E-state index is 11.6. The lowest BCUT2D eigenvalue weighted by molar-refractivity contribution is -0.146. The highest BCUT2D eigenvalue weighted by atomic mass is 16.5. The van der Waals surface area contributed by atoms with E-state index in [0.717, 1.165) is 13.0 Å². The zero-order valence-corrected chi connectivity index (χ0v) is 8.72. The second-order valence-electron chi connectivity index (χ2n) is 3.68. The van der Waals surface area contributed by atoms with Gasteiger partial charge in [-0.05, 0) is 13.3 Å². The summed E-state index contributed by atoms with van der Waals surface area (Å²) in [6, 6.07) is -0.503. The lowest BCUT2D eigenvalue weighted by Gasteiger charge is -2.20. The summed E-state index contributed by atoms with van der Waals surface area (Å²) < 4.78 is 15.6. The lowest BCUT2D eigenvalue weighted by Crippen LogP contribution is -2.37. The van der Waals surface area contributed by atoms with Crippen molar-refractivity contribution in [2.75, 3.05) is 19.8 Å². The molecular formula is C10H15NO4. The van der Waals surface area contributed by atoms with Gasteiger partial charge in [-0.1, -0.05) is 0 Å². The monoisotopic (exact) mass is 213 g/mol. The molecule has 0 bridgehead atoms. The van der Waals surface area contributed by atoms with E-state index in [1.54, 1.807) is 6.92 Å². The van der Waals surface area contributed by atoms with Crippen LogP contribution in [0.2, 0.25) is 0 Å². The van der Waals surface area contributed by atoms with Gasteiger partial charge in [0.1, 0.15) is 6.10 Å². The Balaban J connectivity index is 1.97. The van der Waals surface area contributed by atoms with Crippen molar-refractivity contribution >= 4 is 12.4 Å². The molecule has 1 fully saturated rings. The second-order valence-corrected chi connectivity index (χ2v) is 3.68. The molecule has 0 amide bonds. The van der Waals surface area contributed by atoms with Crippen LogP contribution in [-0.2, 0) is 19.0 Å². The molecule has 15 heavy (non-hydrogen) atoms. The van der Waals surface area contributed by atoms with Gasteiger partial charge in [-0.15, -0.1) is 0 Å². The number of nitrogens with zero attached hydrogens (tertiary/aromatic N) is 1. The van der Waals surface area contributed by atoms with Gasteiger partial charge >= 0.3 is 5.97 Å².